The first-order chi connectivity index (χ1) is 10.1. The van der Waals surface area contributed by atoms with Crippen molar-refractivity contribution in [3.8, 4) is 0 Å². The van der Waals surface area contributed by atoms with E-state index < -0.39 is 17.8 Å². The van der Waals surface area contributed by atoms with Crippen LogP contribution in [0.4, 0.5) is 0 Å². The molecule has 21 heavy (non-hydrogen) atoms. The third-order valence-electron chi connectivity index (χ3n) is 2.40. The maximum atomic E-state index is 11.8. The number of nitrogens with zero attached hydrogens (tertiary/aromatic N) is 1. The van der Waals surface area contributed by atoms with Gasteiger partial charge in [-0.3, -0.25) is 14.9 Å². The van der Waals surface area contributed by atoms with Crippen molar-refractivity contribution in [2.24, 2.45) is 5.10 Å². The Morgan fingerprint density at radius 2 is 2.05 bits per heavy atom. The summed E-state index contributed by atoms with van der Waals surface area (Å²) in [6.45, 7) is 0. The van der Waals surface area contributed by atoms with Gasteiger partial charge in [-0.25, -0.2) is 10.2 Å². The summed E-state index contributed by atoms with van der Waals surface area (Å²) in [5.74, 6) is -1.51. The molecular weight excluding hydrogens is 294 g/mol. The smallest absolute Gasteiger partial charge is 0.331 e. The van der Waals surface area contributed by atoms with E-state index >= 15 is 0 Å². The van der Waals surface area contributed by atoms with Crippen LogP contribution < -0.4 is 10.7 Å². The Morgan fingerprint density at radius 1 is 1.33 bits per heavy atom. The van der Waals surface area contributed by atoms with Crippen LogP contribution >= 0.6 is 11.8 Å². The molecule has 0 aromatic heterocycles. The average Bonchev–Trinajstić information content (AvgIpc) is 2.85. The molecule has 1 aliphatic heterocycles. The number of amidine groups is 1. The summed E-state index contributed by atoms with van der Waals surface area (Å²) in [6.07, 6.45) is 1.06. The Balaban J connectivity index is 2.01. The summed E-state index contributed by atoms with van der Waals surface area (Å²) < 4.78 is 4.43. The van der Waals surface area contributed by atoms with Gasteiger partial charge in [0.05, 0.1) is 12.0 Å². The number of hydrazone groups is 1. The predicted molar refractivity (Wildman–Crippen MR) is 77.2 cm³/mol. The Labute approximate surface area is 124 Å². The van der Waals surface area contributed by atoms with E-state index in [0.717, 1.165) is 17.8 Å². The number of amides is 2. The van der Waals surface area contributed by atoms with Crippen LogP contribution in [0.2, 0.25) is 0 Å². The lowest BCUT2D eigenvalue weighted by atomic mass is 10.2. The lowest BCUT2D eigenvalue weighted by Crippen LogP contribution is -2.25. The number of hydrogen-bond donors (Lipinski definition) is 2. The Hall–Kier alpha value is -2.61. The van der Waals surface area contributed by atoms with Crippen LogP contribution in [0.15, 0.2) is 46.4 Å². The van der Waals surface area contributed by atoms with Crippen LogP contribution in [0.5, 0.6) is 0 Å². The molecule has 1 aromatic carbocycles. The highest BCUT2D eigenvalue weighted by atomic mass is 32.2. The molecule has 1 heterocycles. The van der Waals surface area contributed by atoms with Crippen molar-refractivity contribution >= 4 is 34.7 Å². The first kappa shape index (κ1) is 14.8. The van der Waals surface area contributed by atoms with E-state index in [-0.39, 0.29) is 10.1 Å². The van der Waals surface area contributed by atoms with Gasteiger partial charge in [-0.05, 0) is 23.9 Å². The highest BCUT2D eigenvalue weighted by Gasteiger charge is 2.25. The molecule has 108 valence electrons. The minimum Gasteiger partial charge on any atom is -0.466 e. The second-order valence-electron chi connectivity index (χ2n) is 3.81. The van der Waals surface area contributed by atoms with Gasteiger partial charge in [0.2, 0.25) is 0 Å². The SMILES string of the molecule is COC(=O)C=C1SC(=NNC(=O)c2ccccc2)NC1=O. The number of methoxy groups -OCH3 is 1. The van der Waals surface area contributed by atoms with Gasteiger partial charge < -0.3 is 4.74 Å². The molecular formula is C13H11N3O4S. The Bertz CT molecular complexity index is 640. The average molecular weight is 305 g/mol. The third kappa shape index (κ3) is 3.93. The molecule has 7 nitrogen and oxygen atoms in total. The van der Waals surface area contributed by atoms with Gasteiger partial charge in [0.1, 0.15) is 0 Å². The van der Waals surface area contributed by atoms with Gasteiger partial charge in [0.15, 0.2) is 5.17 Å². The number of esters is 1. The minimum absolute atomic E-state index is 0.148. The molecule has 0 unspecified atom stereocenters. The van der Waals surface area contributed by atoms with Crippen molar-refractivity contribution in [2.45, 2.75) is 0 Å². The quantitative estimate of drug-likeness (QED) is 0.484. The van der Waals surface area contributed by atoms with E-state index in [1.54, 1.807) is 30.3 Å². The van der Waals surface area contributed by atoms with E-state index in [9.17, 15) is 14.4 Å². The van der Waals surface area contributed by atoms with Gasteiger partial charge in [-0.2, -0.15) is 0 Å². The van der Waals surface area contributed by atoms with E-state index in [2.05, 4.69) is 20.6 Å². The Kier molecular flexibility index (Phi) is 4.72. The van der Waals surface area contributed by atoms with E-state index in [1.165, 1.54) is 7.11 Å². The van der Waals surface area contributed by atoms with Crippen LogP contribution in [0.1, 0.15) is 10.4 Å². The lowest BCUT2D eigenvalue weighted by Gasteiger charge is -1.99. The van der Waals surface area contributed by atoms with Crippen LogP contribution in [0, 0.1) is 0 Å². The van der Waals surface area contributed by atoms with Gasteiger partial charge in [-0.15, -0.1) is 5.10 Å². The zero-order valence-electron chi connectivity index (χ0n) is 11.0. The zero-order chi connectivity index (χ0) is 15.2. The fraction of sp³-hybridized carbons (Fsp3) is 0.0769. The van der Waals surface area contributed by atoms with E-state index in [1.807, 2.05) is 0 Å². The molecule has 1 saturated heterocycles. The molecule has 1 aromatic rings. The third-order valence-corrected chi connectivity index (χ3v) is 3.31. The molecule has 0 spiro atoms. The molecule has 2 rings (SSSR count). The van der Waals surface area contributed by atoms with Crippen molar-refractivity contribution in [2.75, 3.05) is 7.11 Å². The fourth-order valence-corrected chi connectivity index (χ4v) is 2.14. The van der Waals surface area contributed by atoms with Crippen LogP contribution in [-0.2, 0) is 14.3 Å². The molecule has 2 amide bonds. The maximum absolute atomic E-state index is 11.8. The number of rotatable bonds is 3. The van der Waals surface area contributed by atoms with Crippen molar-refractivity contribution < 1.29 is 19.1 Å². The molecule has 0 saturated carbocycles. The predicted octanol–water partition coefficient (Wildman–Crippen LogP) is 0.607. The molecule has 0 atom stereocenters. The van der Waals surface area contributed by atoms with Crippen LogP contribution in [-0.4, -0.2) is 30.1 Å². The first-order valence-corrected chi connectivity index (χ1v) is 6.63. The number of ether oxygens (including phenoxy) is 1. The van der Waals surface area contributed by atoms with Crippen LogP contribution in [0.25, 0.3) is 0 Å². The second kappa shape index (κ2) is 6.71. The largest absolute Gasteiger partial charge is 0.466 e. The van der Waals surface area contributed by atoms with Gasteiger partial charge in [0, 0.05) is 11.6 Å². The maximum Gasteiger partial charge on any atom is 0.331 e. The van der Waals surface area contributed by atoms with Crippen molar-refractivity contribution in [3.63, 3.8) is 0 Å². The van der Waals surface area contributed by atoms with Gasteiger partial charge in [-0.1, -0.05) is 18.2 Å². The van der Waals surface area contributed by atoms with Crippen molar-refractivity contribution in [1.82, 2.24) is 10.7 Å². The molecule has 1 fully saturated rings. The molecule has 1 aliphatic rings. The topological polar surface area (TPSA) is 96.9 Å². The molecule has 0 bridgehead atoms. The summed E-state index contributed by atoms with van der Waals surface area (Å²) in [6, 6.07) is 8.52. The zero-order valence-corrected chi connectivity index (χ0v) is 11.8. The van der Waals surface area contributed by atoms with Crippen molar-refractivity contribution in [3.05, 3.63) is 46.9 Å². The number of benzene rings is 1. The van der Waals surface area contributed by atoms with E-state index in [4.69, 9.17) is 0 Å². The van der Waals surface area contributed by atoms with Gasteiger partial charge >= 0.3 is 5.97 Å². The summed E-state index contributed by atoms with van der Waals surface area (Å²) in [5, 5.41) is 6.39. The van der Waals surface area contributed by atoms with Crippen LogP contribution in [0.3, 0.4) is 0 Å². The number of carbonyl (C=O) groups is 3. The molecule has 0 radical (unpaired) electrons. The van der Waals surface area contributed by atoms with Crippen molar-refractivity contribution in [1.29, 1.82) is 0 Å². The fourth-order valence-electron chi connectivity index (χ4n) is 1.40. The monoisotopic (exact) mass is 305 g/mol. The molecule has 0 aliphatic carbocycles. The highest BCUT2D eigenvalue weighted by molar-refractivity contribution is 8.18. The number of nitrogens with one attached hydrogen (secondary N) is 2. The summed E-state index contributed by atoms with van der Waals surface area (Å²) in [4.78, 5) is 34.5. The van der Waals surface area contributed by atoms with E-state index in [0.29, 0.717) is 5.56 Å². The first-order valence-electron chi connectivity index (χ1n) is 5.82. The Morgan fingerprint density at radius 3 is 2.71 bits per heavy atom. The normalized spacial score (nSPS) is 17.7. The lowest BCUT2D eigenvalue weighted by molar-refractivity contribution is -0.135. The number of thioether (sulfide) groups is 1. The standard InChI is InChI=1S/C13H11N3O4S/c1-20-10(17)7-9-12(19)14-13(21-9)16-15-11(18)8-5-3-2-4-6-8/h2-7H,1H3,(H,15,18)(H,14,16,19). The summed E-state index contributed by atoms with van der Waals surface area (Å²) >= 11 is 0.935. The highest BCUT2D eigenvalue weighted by Crippen LogP contribution is 2.22. The summed E-state index contributed by atoms with van der Waals surface area (Å²) in [5.41, 5.74) is 2.77. The van der Waals surface area contributed by atoms with Gasteiger partial charge in [0.25, 0.3) is 11.8 Å². The summed E-state index contributed by atoms with van der Waals surface area (Å²) in [7, 11) is 1.21. The number of carbonyl (C=O) groups excluding carboxylic acids is 3. The second-order valence-corrected chi connectivity index (χ2v) is 4.84. The molecule has 2 N–H and O–H groups in total. The minimum atomic E-state index is -0.637. The number of hydrogen-bond acceptors (Lipinski definition) is 6. The molecule has 8 heteroatoms.